The lowest BCUT2D eigenvalue weighted by atomic mass is 10.2. The van der Waals surface area contributed by atoms with Crippen LogP contribution in [0, 0.1) is 0 Å². The summed E-state index contributed by atoms with van der Waals surface area (Å²) in [6, 6.07) is 14.3. The van der Waals surface area contributed by atoms with Crippen LogP contribution in [0.2, 0.25) is 0 Å². The summed E-state index contributed by atoms with van der Waals surface area (Å²) in [5, 5.41) is 10.6. The van der Waals surface area contributed by atoms with Gasteiger partial charge in [-0.25, -0.2) is 4.98 Å². The summed E-state index contributed by atoms with van der Waals surface area (Å²) in [5.74, 6) is 3.02. The zero-order chi connectivity index (χ0) is 19.9. The highest BCUT2D eigenvalue weighted by molar-refractivity contribution is 5.80. The number of rotatable bonds is 6. The minimum absolute atomic E-state index is 0.587. The molecule has 3 heterocycles. The molecule has 152 valence electrons. The first-order valence-electron chi connectivity index (χ1n) is 9.99. The number of piperazine rings is 1. The average molecular weight is 393 g/mol. The van der Waals surface area contributed by atoms with E-state index in [0.29, 0.717) is 11.6 Å². The maximum Gasteiger partial charge on any atom is 0.216 e. The third kappa shape index (κ3) is 5.03. The standard InChI is InChI=1S/C21H27N7O/c1-22-21(23-10-9-19-24-20(26-25-19)18-8-5-15-29-18)28-13-11-27(12-14-28)16-17-6-3-2-4-7-17/h2-8,15H,9-14,16H2,1H3,(H,22,23)(H,24,25,26). The highest BCUT2D eigenvalue weighted by atomic mass is 16.3. The number of H-pyrrole nitrogens is 1. The molecule has 1 saturated heterocycles. The first-order valence-corrected chi connectivity index (χ1v) is 9.99. The van der Waals surface area contributed by atoms with Crippen molar-refractivity contribution < 1.29 is 4.42 Å². The molecule has 2 aromatic heterocycles. The van der Waals surface area contributed by atoms with E-state index in [9.17, 15) is 0 Å². The van der Waals surface area contributed by atoms with Crippen molar-refractivity contribution in [2.24, 2.45) is 4.99 Å². The fourth-order valence-corrected chi connectivity index (χ4v) is 3.51. The molecule has 0 amide bonds. The highest BCUT2D eigenvalue weighted by Gasteiger charge is 2.19. The van der Waals surface area contributed by atoms with Crippen LogP contribution in [-0.4, -0.2) is 70.7 Å². The van der Waals surface area contributed by atoms with E-state index in [-0.39, 0.29) is 0 Å². The maximum atomic E-state index is 5.33. The van der Waals surface area contributed by atoms with Crippen LogP contribution in [-0.2, 0) is 13.0 Å². The number of aliphatic imine (C=N–C) groups is 1. The Labute approximate surface area is 170 Å². The molecule has 0 unspecified atom stereocenters. The summed E-state index contributed by atoms with van der Waals surface area (Å²) in [6.45, 7) is 5.75. The largest absolute Gasteiger partial charge is 0.461 e. The summed E-state index contributed by atoms with van der Waals surface area (Å²) >= 11 is 0. The van der Waals surface area contributed by atoms with E-state index in [4.69, 9.17) is 4.42 Å². The molecule has 0 bridgehead atoms. The Morgan fingerprint density at radius 1 is 1.14 bits per heavy atom. The summed E-state index contributed by atoms with van der Waals surface area (Å²) in [6.07, 6.45) is 2.36. The maximum absolute atomic E-state index is 5.33. The van der Waals surface area contributed by atoms with Gasteiger partial charge in [-0.3, -0.25) is 15.0 Å². The molecule has 1 fully saturated rings. The second-order valence-corrected chi connectivity index (χ2v) is 7.06. The van der Waals surface area contributed by atoms with Crippen molar-refractivity contribution in [1.82, 2.24) is 30.3 Å². The fraction of sp³-hybridized carbons (Fsp3) is 0.381. The lowest BCUT2D eigenvalue weighted by Gasteiger charge is -2.36. The molecule has 1 aromatic carbocycles. The van der Waals surface area contributed by atoms with Crippen molar-refractivity contribution >= 4 is 5.96 Å². The van der Waals surface area contributed by atoms with Crippen molar-refractivity contribution in [3.8, 4) is 11.6 Å². The van der Waals surface area contributed by atoms with Gasteiger partial charge in [0.05, 0.1) is 6.26 Å². The molecule has 0 spiro atoms. The second-order valence-electron chi connectivity index (χ2n) is 7.06. The predicted octanol–water partition coefficient (Wildman–Crippen LogP) is 2.00. The predicted molar refractivity (Wildman–Crippen MR) is 112 cm³/mol. The first-order chi connectivity index (χ1) is 14.3. The van der Waals surface area contributed by atoms with Gasteiger partial charge >= 0.3 is 0 Å². The molecule has 8 nitrogen and oxygen atoms in total. The molecule has 0 aliphatic carbocycles. The second kappa shape index (κ2) is 9.38. The molecular weight excluding hydrogens is 366 g/mol. The molecule has 8 heteroatoms. The Hall–Kier alpha value is -3.13. The van der Waals surface area contributed by atoms with Gasteiger partial charge in [0.25, 0.3) is 0 Å². The Kier molecular flexibility index (Phi) is 6.21. The molecule has 2 N–H and O–H groups in total. The first kappa shape index (κ1) is 19.2. The summed E-state index contributed by atoms with van der Waals surface area (Å²) < 4.78 is 5.33. The summed E-state index contributed by atoms with van der Waals surface area (Å²) in [4.78, 5) is 13.7. The van der Waals surface area contributed by atoms with Crippen molar-refractivity contribution in [2.45, 2.75) is 13.0 Å². The van der Waals surface area contributed by atoms with E-state index in [0.717, 1.165) is 57.5 Å². The highest BCUT2D eigenvalue weighted by Crippen LogP contribution is 2.14. The number of benzene rings is 1. The van der Waals surface area contributed by atoms with E-state index in [1.54, 1.807) is 6.26 Å². The van der Waals surface area contributed by atoms with Gasteiger partial charge in [-0.2, -0.15) is 5.10 Å². The number of hydrogen-bond donors (Lipinski definition) is 2. The monoisotopic (exact) mass is 393 g/mol. The average Bonchev–Trinajstić information content (AvgIpc) is 3.45. The van der Waals surface area contributed by atoms with Gasteiger partial charge in [0, 0.05) is 52.7 Å². The van der Waals surface area contributed by atoms with Crippen LogP contribution in [0.3, 0.4) is 0 Å². The summed E-state index contributed by atoms with van der Waals surface area (Å²) in [7, 11) is 1.84. The topological polar surface area (TPSA) is 85.6 Å². The Morgan fingerprint density at radius 2 is 1.97 bits per heavy atom. The smallest absolute Gasteiger partial charge is 0.216 e. The van der Waals surface area contributed by atoms with Gasteiger partial charge in [-0.1, -0.05) is 30.3 Å². The van der Waals surface area contributed by atoms with Gasteiger partial charge in [-0.15, -0.1) is 0 Å². The molecule has 0 saturated carbocycles. The van der Waals surface area contributed by atoms with E-state index in [1.807, 2.05) is 19.2 Å². The molecular formula is C21H27N7O. The fourth-order valence-electron chi connectivity index (χ4n) is 3.51. The number of furan rings is 1. The van der Waals surface area contributed by atoms with Gasteiger partial charge < -0.3 is 14.6 Å². The number of guanidine groups is 1. The Morgan fingerprint density at radius 3 is 2.69 bits per heavy atom. The number of aromatic amines is 1. The van der Waals surface area contributed by atoms with Crippen LogP contribution in [0.4, 0.5) is 0 Å². The van der Waals surface area contributed by atoms with Crippen LogP contribution < -0.4 is 5.32 Å². The minimum atomic E-state index is 0.587. The SMILES string of the molecule is CN=C(NCCc1nc(-c2ccco2)n[nH]1)N1CCN(Cc2ccccc2)CC1. The van der Waals surface area contributed by atoms with E-state index < -0.39 is 0 Å². The lowest BCUT2D eigenvalue weighted by molar-refractivity contribution is 0.172. The normalized spacial score (nSPS) is 15.6. The molecule has 1 aliphatic rings. The Bertz CT molecular complexity index is 896. The van der Waals surface area contributed by atoms with Gasteiger partial charge in [0.1, 0.15) is 5.82 Å². The van der Waals surface area contributed by atoms with Crippen molar-refractivity contribution in [2.75, 3.05) is 39.8 Å². The lowest BCUT2D eigenvalue weighted by Crippen LogP contribution is -2.52. The van der Waals surface area contributed by atoms with Crippen LogP contribution in [0.15, 0.2) is 58.1 Å². The molecule has 29 heavy (non-hydrogen) atoms. The summed E-state index contributed by atoms with van der Waals surface area (Å²) in [5.41, 5.74) is 1.37. The zero-order valence-electron chi connectivity index (χ0n) is 16.7. The van der Waals surface area contributed by atoms with Gasteiger partial charge in [-0.05, 0) is 17.7 Å². The third-order valence-electron chi connectivity index (χ3n) is 5.05. The zero-order valence-corrected chi connectivity index (χ0v) is 16.7. The molecule has 0 atom stereocenters. The van der Waals surface area contributed by atoms with Crippen LogP contribution >= 0.6 is 0 Å². The van der Waals surface area contributed by atoms with Crippen molar-refractivity contribution in [1.29, 1.82) is 0 Å². The number of nitrogens with zero attached hydrogens (tertiary/aromatic N) is 5. The van der Waals surface area contributed by atoms with Gasteiger partial charge in [0.15, 0.2) is 11.7 Å². The number of aromatic nitrogens is 3. The molecule has 1 aliphatic heterocycles. The third-order valence-corrected chi connectivity index (χ3v) is 5.05. The van der Waals surface area contributed by atoms with E-state index in [1.165, 1.54) is 5.56 Å². The van der Waals surface area contributed by atoms with Crippen molar-refractivity contribution in [3.05, 3.63) is 60.1 Å². The molecule has 3 aromatic rings. The number of nitrogens with one attached hydrogen (secondary N) is 2. The quantitative estimate of drug-likeness (QED) is 0.492. The minimum Gasteiger partial charge on any atom is -0.461 e. The number of hydrogen-bond acceptors (Lipinski definition) is 5. The van der Waals surface area contributed by atoms with Crippen LogP contribution in [0.1, 0.15) is 11.4 Å². The van der Waals surface area contributed by atoms with Gasteiger partial charge in [0.2, 0.25) is 5.82 Å². The van der Waals surface area contributed by atoms with Crippen LogP contribution in [0.25, 0.3) is 11.6 Å². The van der Waals surface area contributed by atoms with E-state index >= 15 is 0 Å². The van der Waals surface area contributed by atoms with Crippen LogP contribution in [0.5, 0.6) is 0 Å². The van der Waals surface area contributed by atoms with E-state index in [2.05, 4.69) is 65.6 Å². The molecule has 0 radical (unpaired) electrons. The Balaban J connectivity index is 1.22. The molecule has 4 rings (SSSR count). The van der Waals surface area contributed by atoms with Crippen molar-refractivity contribution in [3.63, 3.8) is 0 Å².